The largest absolute Gasteiger partial charge is 0.380 e. The fraction of sp³-hybridized carbons (Fsp3) is 0.400. The molecule has 0 aliphatic heterocycles. The van der Waals surface area contributed by atoms with Crippen molar-refractivity contribution in [2.24, 2.45) is 0 Å². The molecule has 0 unspecified atom stereocenters. The normalized spacial score (nSPS) is 12.2. The standard InChI is InChI=1S/C10H13N3O/c1-10(2,3)8-7-6(4-5-12-8)9(11)13-14-7/h4-5H,1-3H3,(H2,11,13). The maximum atomic E-state index is 5.66. The number of fused-ring (bicyclic) bond motifs is 1. The molecule has 0 aliphatic carbocycles. The van der Waals surface area contributed by atoms with Gasteiger partial charge in [0.25, 0.3) is 0 Å². The molecule has 0 atom stereocenters. The summed E-state index contributed by atoms with van der Waals surface area (Å²) < 4.78 is 5.17. The Hall–Kier alpha value is -1.58. The van der Waals surface area contributed by atoms with Crippen LogP contribution in [0.25, 0.3) is 11.0 Å². The number of hydrogen-bond donors (Lipinski definition) is 1. The fourth-order valence-corrected chi connectivity index (χ4v) is 1.42. The van der Waals surface area contributed by atoms with Crippen LogP contribution >= 0.6 is 0 Å². The molecule has 0 saturated carbocycles. The van der Waals surface area contributed by atoms with Crippen molar-refractivity contribution in [2.75, 3.05) is 5.73 Å². The number of pyridine rings is 1. The average molecular weight is 191 g/mol. The quantitative estimate of drug-likeness (QED) is 0.692. The summed E-state index contributed by atoms with van der Waals surface area (Å²) in [5.74, 6) is 0.424. The van der Waals surface area contributed by atoms with Crippen LogP contribution in [0, 0.1) is 0 Å². The van der Waals surface area contributed by atoms with E-state index < -0.39 is 0 Å². The summed E-state index contributed by atoms with van der Waals surface area (Å²) in [5.41, 5.74) is 7.17. The molecule has 0 bridgehead atoms. The number of nitrogens with zero attached hydrogens (tertiary/aromatic N) is 2. The van der Waals surface area contributed by atoms with E-state index in [0.717, 1.165) is 11.1 Å². The Morgan fingerprint density at radius 3 is 2.71 bits per heavy atom. The van der Waals surface area contributed by atoms with E-state index in [-0.39, 0.29) is 5.41 Å². The molecular formula is C10H13N3O. The van der Waals surface area contributed by atoms with E-state index in [4.69, 9.17) is 10.3 Å². The molecule has 0 fully saturated rings. The van der Waals surface area contributed by atoms with Crippen molar-refractivity contribution in [1.29, 1.82) is 0 Å². The van der Waals surface area contributed by atoms with Crippen molar-refractivity contribution in [1.82, 2.24) is 10.1 Å². The van der Waals surface area contributed by atoms with Gasteiger partial charge in [-0.3, -0.25) is 4.98 Å². The molecular weight excluding hydrogens is 178 g/mol. The minimum absolute atomic E-state index is 0.0640. The van der Waals surface area contributed by atoms with Crippen LogP contribution in [-0.2, 0) is 5.41 Å². The van der Waals surface area contributed by atoms with Gasteiger partial charge in [-0.15, -0.1) is 0 Å². The Morgan fingerprint density at radius 1 is 1.36 bits per heavy atom. The summed E-state index contributed by atoms with van der Waals surface area (Å²) in [6.45, 7) is 6.23. The second-order valence-electron chi connectivity index (χ2n) is 4.35. The van der Waals surface area contributed by atoms with Gasteiger partial charge in [0, 0.05) is 11.6 Å². The monoisotopic (exact) mass is 191 g/mol. The topological polar surface area (TPSA) is 64.9 Å². The number of nitrogens with two attached hydrogens (primary N) is 1. The van der Waals surface area contributed by atoms with Gasteiger partial charge in [-0.05, 0) is 6.07 Å². The third kappa shape index (κ3) is 1.23. The molecule has 74 valence electrons. The van der Waals surface area contributed by atoms with Gasteiger partial charge < -0.3 is 10.3 Å². The third-order valence-electron chi connectivity index (χ3n) is 2.13. The van der Waals surface area contributed by atoms with Gasteiger partial charge in [-0.25, -0.2) is 0 Å². The van der Waals surface area contributed by atoms with Crippen molar-refractivity contribution < 1.29 is 4.52 Å². The second-order valence-corrected chi connectivity index (χ2v) is 4.35. The molecule has 2 heterocycles. The Morgan fingerprint density at radius 2 is 2.07 bits per heavy atom. The Kier molecular flexibility index (Phi) is 1.74. The molecule has 0 saturated heterocycles. The SMILES string of the molecule is CC(C)(C)c1nccc2c(N)noc12. The molecule has 4 nitrogen and oxygen atoms in total. The van der Waals surface area contributed by atoms with Crippen LogP contribution in [0.2, 0.25) is 0 Å². The number of rotatable bonds is 0. The van der Waals surface area contributed by atoms with Crippen LogP contribution < -0.4 is 5.73 Å². The molecule has 0 spiro atoms. The van der Waals surface area contributed by atoms with Gasteiger partial charge in [0.15, 0.2) is 11.4 Å². The van der Waals surface area contributed by atoms with Gasteiger partial charge in [-0.1, -0.05) is 25.9 Å². The minimum Gasteiger partial charge on any atom is -0.380 e. The first kappa shape index (κ1) is 8.99. The van der Waals surface area contributed by atoms with E-state index in [1.807, 2.05) is 6.07 Å². The van der Waals surface area contributed by atoms with Crippen molar-refractivity contribution in [2.45, 2.75) is 26.2 Å². The third-order valence-corrected chi connectivity index (χ3v) is 2.13. The molecule has 0 aliphatic rings. The van der Waals surface area contributed by atoms with E-state index in [1.54, 1.807) is 6.20 Å². The van der Waals surface area contributed by atoms with Crippen LogP contribution in [0.3, 0.4) is 0 Å². The highest BCUT2D eigenvalue weighted by Crippen LogP contribution is 2.29. The smallest absolute Gasteiger partial charge is 0.191 e. The Labute approximate surface area is 82.1 Å². The minimum atomic E-state index is -0.0640. The predicted molar refractivity (Wildman–Crippen MR) is 54.9 cm³/mol. The lowest BCUT2D eigenvalue weighted by Crippen LogP contribution is -2.13. The highest BCUT2D eigenvalue weighted by Gasteiger charge is 2.22. The van der Waals surface area contributed by atoms with Crippen molar-refractivity contribution in [3.8, 4) is 0 Å². The zero-order chi connectivity index (χ0) is 10.3. The van der Waals surface area contributed by atoms with E-state index in [0.29, 0.717) is 11.4 Å². The zero-order valence-electron chi connectivity index (χ0n) is 8.53. The summed E-state index contributed by atoms with van der Waals surface area (Å²) in [6.07, 6.45) is 1.73. The summed E-state index contributed by atoms with van der Waals surface area (Å²) in [7, 11) is 0. The maximum absolute atomic E-state index is 5.66. The van der Waals surface area contributed by atoms with Gasteiger partial charge in [-0.2, -0.15) is 0 Å². The van der Waals surface area contributed by atoms with Crippen LogP contribution in [0.1, 0.15) is 26.5 Å². The first-order valence-corrected chi connectivity index (χ1v) is 4.50. The number of anilines is 1. The molecule has 2 rings (SSSR count). The summed E-state index contributed by atoms with van der Waals surface area (Å²) in [5, 5.41) is 4.57. The highest BCUT2D eigenvalue weighted by atomic mass is 16.5. The number of nitrogen functional groups attached to an aromatic ring is 1. The van der Waals surface area contributed by atoms with Crippen LogP contribution in [-0.4, -0.2) is 10.1 Å². The summed E-state index contributed by atoms with van der Waals surface area (Å²) in [6, 6.07) is 1.82. The zero-order valence-corrected chi connectivity index (χ0v) is 8.53. The van der Waals surface area contributed by atoms with Crippen molar-refractivity contribution >= 4 is 16.8 Å². The lowest BCUT2D eigenvalue weighted by molar-refractivity contribution is 0.446. The van der Waals surface area contributed by atoms with Crippen LogP contribution in [0.15, 0.2) is 16.8 Å². The molecule has 0 aromatic carbocycles. The molecule has 14 heavy (non-hydrogen) atoms. The second kappa shape index (κ2) is 2.70. The molecule has 0 radical (unpaired) electrons. The molecule has 0 amide bonds. The summed E-state index contributed by atoms with van der Waals surface area (Å²) in [4.78, 5) is 4.30. The first-order chi connectivity index (χ1) is 6.50. The van der Waals surface area contributed by atoms with Gasteiger partial charge in [0.05, 0.1) is 11.1 Å². The lowest BCUT2D eigenvalue weighted by atomic mass is 9.91. The fourth-order valence-electron chi connectivity index (χ4n) is 1.42. The van der Waals surface area contributed by atoms with E-state index in [2.05, 4.69) is 30.9 Å². The first-order valence-electron chi connectivity index (χ1n) is 4.50. The van der Waals surface area contributed by atoms with Crippen molar-refractivity contribution in [3.05, 3.63) is 18.0 Å². The molecule has 2 aromatic rings. The van der Waals surface area contributed by atoms with Crippen LogP contribution in [0.4, 0.5) is 5.82 Å². The number of aromatic nitrogens is 2. The van der Waals surface area contributed by atoms with E-state index >= 15 is 0 Å². The Bertz CT molecular complexity index is 468. The Balaban J connectivity index is 2.79. The van der Waals surface area contributed by atoms with Crippen LogP contribution in [0.5, 0.6) is 0 Å². The van der Waals surface area contributed by atoms with Gasteiger partial charge >= 0.3 is 0 Å². The summed E-state index contributed by atoms with van der Waals surface area (Å²) >= 11 is 0. The number of hydrogen-bond acceptors (Lipinski definition) is 4. The van der Waals surface area contributed by atoms with Gasteiger partial charge in [0.2, 0.25) is 0 Å². The predicted octanol–water partition coefficient (Wildman–Crippen LogP) is 2.10. The average Bonchev–Trinajstić information content (AvgIpc) is 2.46. The lowest BCUT2D eigenvalue weighted by Gasteiger charge is -2.16. The van der Waals surface area contributed by atoms with Crippen molar-refractivity contribution in [3.63, 3.8) is 0 Å². The maximum Gasteiger partial charge on any atom is 0.191 e. The van der Waals surface area contributed by atoms with Gasteiger partial charge in [0.1, 0.15) is 0 Å². The molecule has 2 N–H and O–H groups in total. The highest BCUT2D eigenvalue weighted by molar-refractivity contribution is 5.88. The molecule has 2 aromatic heterocycles. The molecule has 4 heteroatoms. The van der Waals surface area contributed by atoms with E-state index in [1.165, 1.54) is 0 Å². The van der Waals surface area contributed by atoms with E-state index in [9.17, 15) is 0 Å².